The van der Waals surface area contributed by atoms with Crippen molar-refractivity contribution in [3.05, 3.63) is 0 Å². The second-order valence-corrected chi connectivity index (χ2v) is 4.24. The molecular weight excluding hydrogens is 192 g/mol. The molecule has 0 aliphatic carbocycles. The van der Waals surface area contributed by atoms with Gasteiger partial charge in [0, 0.05) is 0 Å². The zero-order chi connectivity index (χ0) is 10.5. The molecule has 0 saturated heterocycles. The van der Waals surface area contributed by atoms with E-state index in [1.165, 1.54) is 0 Å². The fourth-order valence-electron chi connectivity index (χ4n) is 0.561. The van der Waals surface area contributed by atoms with Crippen LogP contribution in [0.1, 0.15) is 40.5 Å². The second-order valence-electron chi connectivity index (χ2n) is 3.04. The standard InChI is InChI=1S/C8H18O4S/c1-5-7(3)11-13(9,10)12-8(4)6-2/h7-8H,5-6H2,1-4H3/t7-,8-/m0/s1. The molecule has 0 aliphatic rings. The molecule has 0 amide bonds. The molecule has 5 heteroatoms. The Balaban J connectivity index is 4.09. The summed E-state index contributed by atoms with van der Waals surface area (Å²) >= 11 is 0. The van der Waals surface area contributed by atoms with Gasteiger partial charge in [0.25, 0.3) is 0 Å². The SMILES string of the molecule is CC[C@H](C)OS(=O)(=O)O[C@@H](C)CC. The van der Waals surface area contributed by atoms with Crippen molar-refractivity contribution in [3.8, 4) is 0 Å². The van der Waals surface area contributed by atoms with E-state index in [4.69, 9.17) is 8.37 Å². The molecule has 0 rings (SSSR count). The molecular formula is C8H18O4S. The second kappa shape index (κ2) is 5.57. The van der Waals surface area contributed by atoms with Gasteiger partial charge in [0.2, 0.25) is 0 Å². The van der Waals surface area contributed by atoms with Crippen molar-refractivity contribution >= 4 is 10.4 Å². The van der Waals surface area contributed by atoms with Crippen molar-refractivity contribution in [3.63, 3.8) is 0 Å². The maximum atomic E-state index is 11.1. The first-order chi connectivity index (χ1) is 5.91. The van der Waals surface area contributed by atoms with Gasteiger partial charge in [0.15, 0.2) is 0 Å². The van der Waals surface area contributed by atoms with E-state index in [-0.39, 0.29) is 12.2 Å². The summed E-state index contributed by atoms with van der Waals surface area (Å²) in [4.78, 5) is 0. The van der Waals surface area contributed by atoms with Crippen LogP contribution in [0.15, 0.2) is 0 Å². The summed E-state index contributed by atoms with van der Waals surface area (Å²) in [5.74, 6) is 0. The molecule has 0 heterocycles. The van der Waals surface area contributed by atoms with Crippen LogP contribution in [0.4, 0.5) is 0 Å². The van der Waals surface area contributed by atoms with Crippen LogP contribution >= 0.6 is 0 Å². The number of hydrogen-bond acceptors (Lipinski definition) is 4. The van der Waals surface area contributed by atoms with Crippen LogP contribution in [0, 0.1) is 0 Å². The summed E-state index contributed by atoms with van der Waals surface area (Å²) in [6.45, 7) is 7.09. The molecule has 0 aromatic heterocycles. The maximum Gasteiger partial charge on any atom is 0.400 e. The van der Waals surface area contributed by atoms with Gasteiger partial charge in [-0.1, -0.05) is 13.8 Å². The van der Waals surface area contributed by atoms with Crippen LogP contribution < -0.4 is 0 Å². The first kappa shape index (κ1) is 12.9. The Labute approximate surface area is 80.6 Å². The highest BCUT2D eigenvalue weighted by atomic mass is 32.3. The quantitative estimate of drug-likeness (QED) is 0.671. The molecule has 0 aromatic rings. The Morgan fingerprint density at radius 2 is 1.31 bits per heavy atom. The van der Waals surface area contributed by atoms with Gasteiger partial charge in [-0.15, -0.1) is 0 Å². The molecule has 0 radical (unpaired) electrons. The minimum atomic E-state index is -3.80. The van der Waals surface area contributed by atoms with E-state index in [9.17, 15) is 8.42 Å². The smallest absolute Gasteiger partial charge is 0.245 e. The molecule has 0 bridgehead atoms. The Bertz CT molecular complexity index is 204. The third kappa shape index (κ3) is 6.01. The normalized spacial score (nSPS) is 16.9. The van der Waals surface area contributed by atoms with Crippen LogP contribution in [0.25, 0.3) is 0 Å². The minimum absolute atomic E-state index is 0.325. The van der Waals surface area contributed by atoms with E-state index in [0.717, 1.165) is 0 Å². The van der Waals surface area contributed by atoms with Crippen LogP contribution in [0.2, 0.25) is 0 Å². The third-order valence-corrected chi connectivity index (χ3v) is 2.84. The van der Waals surface area contributed by atoms with Gasteiger partial charge in [-0.3, -0.25) is 0 Å². The summed E-state index contributed by atoms with van der Waals surface area (Å²) in [7, 11) is -3.80. The molecule has 0 spiro atoms. The predicted molar refractivity (Wildman–Crippen MR) is 50.6 cm³/mol. The first-order valence-corrected chi connectivity index (χ1v) is 5.86. The molecule has 4 nitrogen and oxygen atoms in total. The van der Waals surface area contributed by atoms with Gasteiger partial charge in [-0.25, -0.2) is 8.37 Å². The lowest BCUT2D eigenvalue weighted by atomic mass is 10.3. The molecule has 0 N–H and O–H groups in total. The predicted octanol–water partition coefficient (Wildman–Crippen LogP) is 1.86. The van der Waals surface area contributed by atoms with Crippen molar-refractivity contribution in [1.82, 2.24) is 0 Å². The molecule has 0 saturated carbocycles. The summed E-state index contributed by atoms with van der Waals surface area (Å²) < 4.78 is 31.7. The van der Waals surface area contributed by atoms with Gasteiger partial charge in [-0.2, -0.15) is 8.42 Å². The average molecular weight is 210 g/mol. The van der Waals surface area contributed by atoms with Gasteiger partial charge in [0.1, 0.15) is 0 Å². The summed E-state index contributed by atoms with van der Waals surface area (Å²) in [5.41, 5.74) is 0. The lowest BCUT2D eigenvalue weighted by Gasteiger charge is -2.13. The van der Waals surface area contributed by atoms with E-state index in [1.54, 1.807) is 13.8 Å². The van der Waals surface area contributed by atoms with Crippen LogP contribution in [-0.4, -0.2) is 20.6 Å². The van der Waals surface area contributed by atoms with E-state index < -0.39 is 10.4 Å². The highest BCUT2D eigenvalue weighted by molar-refractivity contribution is 7.81. The fraction of sp³-hybridized carbons (Fsp3) is 1.00. The Kier molecular flexibility index (Phi) is 5.51. The van der Waals surface area contributed by atoms with Gasteiger partial charge < -0.3 is 0 Å². The lowest BCUT2D eigenvalue weighted by Crippen LogP contribution is -2.21. The molecule has 80 valence electrons. The highest BCUT2D eigenvalue weighted by Gasteiger charge is 2.18. The Morgan fingerprint density at radius 1 is 1.00 bits per heavy atom. The fourth-order valence-corrected chi connectivity index (χ4v) is 1.68. The van der Waals surface area contributed by atoms with E-state index in [1.807, 2.05) is 13.8 Å². The zero-order valence-corrected chi connectivity index (χ0v) is 9.43. The van der Waals surface area contributed by atoms with E-state index in [2.05, 4.69) is 0 Å². The van der Waals surface area contributed by atoms with Gasteiger partial charge in [-0.05, 0) is 26.7 Å². The van der Waals surface area contributed by atoms with Gasteiger partial charge in [0.05, 0.1) is 12.2 Å². The van der Waals surface area contributed by atoms with Crippen molar-refractivity contribution in [2.45, 2.75) is 52.7 Å². The van der Waals surface area contributed by atoms with Crippen molar-refractivity contribution < 1.29 is 16.8 Å². The number of hydrogen-bond donors (Lipinski definition) is 0. The Morgan fingerprint density at radius 3 is 1.54 bits per heavy atom. The molecule has 0 unspecified atom stereocenters. The highest BCUT2D eigenvalue weighted by Crippen LogP contribution is 2.09. The van der Waals surface area contributed by atoms with Gasteiger partial charge >= 0.3 is 10.4 Å². The first-order valence-electron chi connectivity index (χ1n) is 4.52. The topological polar surface area (TPSA) is 52.6 Å². The van der Waals surface area contributed by atoms with Crippen LogP contribution in [0.5, 0.6) is 0 Å². The maximum absolute atomic E-state index is 11.1. The van der Waals surface area contributed by atoms with E-state index >= 15 is 0 Å². The minimum Gasteiger partial charge on any atom is -0.245 e. The summed E-state index contributed by atoms with van der Waals surface area (Å²) in [6, 6.07) is 0. The monoisotopic (exact) mass is 210 g/mol. The molecule has 0 aromatic carbocycles. The Hall–Kier alpha value is -0.130. The van der Waals surface area contributed by atoms with Crippen molar-refractivity contribution in [2.75, 3.05) is 0 Å². The summed E-state index contributed by atoms with van der Waals surface area (Å²) in [6.07, 6.45) is 0.634. The van der Waals surface area contributed by atoms with E-state index in [0.29, 0.717) is 12.8 Å². The largest absolute Gasteiger partial charge is 0.400 e. The molecule has 13 heavy (non-hydrogen) atoms. The lowest BCUT2D eigenvalue weighted by molar-refractivity contribution is 0.134. The van der Waals surface area contributed by atoms with Crippen molar-refractivity contribution in [2.24, 2.45) is 0 Å². The average Bonchev–Trinajstić information content (AvgIpc) is 2.02. The van der Waals surface area contributed by atoms with Crippen LogP contribution in [-0.2, 0) is 18.8 Å². The number of rotatable bonds is 6. The third-order valence-electron chi connectivity index (χ3n) is 1.71. The molecule has 0 aliphatic heterocycles. The zero-order valence-electron chi connectivity index (χ0n) is 8.61. The van der Waals surface area contributed by atoms with Crippen molar-refractivity contribution in [1.29, 1.82) is 0 Å². The van der Waals surface area contributed by atoms with Crippen LogP contribution in [0.3, 0.4) is 0 Å². The molecule has 0 fully saturated rings. The summed E-state index contributed by atoms with van der Waals surface area (Å²) in [5, 5.41) is 0. The molecule has 2 atom stereocenters.